The molecule has 0 radical (unpaired) electrons. The Balaban J connectivity index is 2.53. The third kappa shape index (κ3) is 8.63. The van der Waals surface area contributed by atoms with Gasteiger partial charge in [0, 0.05) is 32.1 Å². The molecule has 158 valence electrons. The summed E-state index contributed by atoms with van der Waals surface area (Å²) in [6.07, 6.45) is -3.71. The van der Waals surface area contributed by atoms with Crippen LogP contribution in [0.1, 0.15) is 51.2 Å². The molecule has 0 aliphatic rings. The normalized spacial score (nSPS) is 13.4. The first kappa shape index (κ1) is 23.8. The molecule has 1 rings (SSSR count). The number of guanidine groups is 1. The summed E-state index contributed by atoms with van der Waals surface area (Å²) in [4.78, 5) is 16.0. The highest BCUT2D eigenvalue weighted by Crippen LogP contribution is 2.31. The van der Waals surface area contributed by atoms with E-state index in [0.717, 1.165) is 6.07 Å². The van der Waals surface area contributed by atoms with E-state index in [4.69, 9.17) is 0 Å². The van der Waals surface area contributed by atoms with Gasteiger partial charge in [0.25, 0.3) is 0 Å². The van der Waals surface area contributed by atoms with Crippen LogP contribution >= 0.6 is 0 Å². The largest absolute Gasteiger partial charge is 0.416 e. The molecule has 0 saturated carbocycles. The topological polar surface area (TPSA) is 65.5 Å². The molecular formula is C20H31F3N4O. The Labute approximate surface area is 165 Å². The number of nitrogens with one attached hydrogen (secondary N) is 3. The van der Waals surface area contributed by atoms with E-state index in [1.54, 1.807) is 6.07 Å². The zero-order valence-corrected chi connectivity index (χ0v) is 17.0. The van der Waals surface area contributed by atoms with Gasteiger partial charge in [-0.1, -0.05) is 39.0 Å². The second-order valence-corrected chi connectivity index (χ2v) is 6.95. The average Bonchev–Trinajstić information content (AvgIpc) is 2.64. The fourth-order valence-corrected chi connectivity index (χ4v) is 2.47. The molecule has 1 unspecified atom stereocenters. The number of carbonyl (C=O) groups is 1. The average molecular weight is 400 g/mol. The maximum Gasteiger partial charge on any atom is 0.416 e. The lowest BCUT2D eigenvalue weighted by molar-refractivity contribution is -0.137. The highest BCUT2D eigenvalue weighted by atomic mass is 19.4. The third-order valence-corrected chi connectivity index (χ3v) is 4.20. The fraction of sp³-hybridized carbons (Fsp3) is 0.600. The maximum absolute atomic E-state index is 12.9. The van der Waals surface area contributed by atoms with Crippen molar-refractivity contribution in [3.8, 4) is 0 Å². The molecule has 1 atom stereocenters. The van der Waals surface area contributed by atoms with E-state index in [1.165, 1.54) is 12.1 Å². The van der Waals surface area contributed by atoms with Crippen LogP contribution in [0.25, 0.3) is 0 Å². The first-order chi connectivity index (χ1) is 13.1. The smallest absolute Gasteiger partial charge is 0.357 e. The van der Waals surface area contributed by atoms with Crippen molar-refractivity contribution in [2.24, 2.45) is 10.9 Å². The summed E-state index contributed by atoms with van der Waals surface area (Å²) in [5, 5.41) is 9.06. The molecule has 0 fully saturated rings. The van der Waals surface area contributed by atoms with Gasteiger partial charge >= 0.3 is 6.18 Å². The predicted molar refractivity (Wildman–Crippen MR) is 106 cm³/mol. The highest BCUT2D eigenvalue weighted by molar-refractivity contribution is 5.80. The molecule has 1 amide bonds. The second-order valence-electron chi connectivity index (χ2n) is 6.95. The standard InChI is InChI=1S/C20H31F3N4O/c1-5-24-19(27-12-11-25-18(28)14(2)3)26-10-9-15(4)16-7-6-8-17(13-16)20(21,22)23/h6-8,13-15H,5,9-12H2,1-4H3,(H,25,28)(H2,24,26,27). The van der Waals surface area contributed by atoms with Crippen LogP contribution < -0.4 is 16.0 Å². The van der Waals surface area contributed by atoms with E-state index < -0.39 is 11.7 Å². The van der Waals surface area contributed by atoms with Crippen LogP contribution in [-0.2, 0) is 11.0 Å². The number of benzene rings is 1. The summed E-state index contributed by atoms with van der Waals surface area (Å²) in [7, 11) is 0. The van der Waals surface area contributed by atoms with E-state index >= 15 is 0 Å². The van der Waals surface area contributed by atoms with Crippen molar-refractivity contribution < 1.29 is 18.0 Å². The predicted octanol–water partition coefficient (Wildman–Crippen LogP) is 3.53. The molecule has 0 aromatic heterocycles. The van der Waals surface area contributed by atoms with E-state index in [0.29, 0.717) is 44.1 Å². The van der Waals surface area contributed by atoms with E-state index in [1.807, 2.05) is 27.7 Å². The van der Waals surface area contributed by atoms with Crippen LogP contribution in [0.5, 0.6) is 0 Å². The van der Waals surface area contributed by atoms with Gasteiger partial charge in [-0.05, 0) is 30.9 Å². The summed E-state index contributed by atoms with van der Waals surface area (Å²) in [5.41, 5.74) is 0.0261. The summed E-state index contributed by atoms with van der Waals surface area (Å²) in [6.45, 7) is 9.70. The lowest BCUT2D eigenvalue weighted by Gasteiger charge is -2.15. The molecule has 3 N–H and O–H groups in total. The molecular weight excluding hydrogens is 369 g/mol. The molecule has 0 saturated heterocycles. The summed E-state index contributed by atoms with van der Waals surface area (Å²) in [6, 6.07) is 5.44. The number of halogens is 3. The summed E-state index contributed by atoms with van der Waals surface area (Å²) < 4.78 is 38.6. The minimum Gasteiger partial charge on any atom is -0.357 e. The Morgan fingerprint density at radius 2 is 1.79 bits per heavy atom. The minimum absolute atomic E-state index is 0.00125. The summed E-state index contributed by atoms with van der Waals surface area (Å²) >= 11 is 0. The van der Waals surface area contributed by atoms with Gasteiger partial charge in [0.05, 0.1) is 5.56 Å². The molecule has 0 aliphatic heterocycles. The van der Waals surface area contributed by atoms with Crippen molar-refractivity contribution in [1.29, 1.82) is 0 Å². The first-order valence-electron chi connectivity index (χ1n) is 9.62. The zero-order valence-electron chi connectivity index (χ0n) is 17.0. The van der Waals surface area contributed by atoms with E-state index in [-0.39, 0.29) is 17.7 Å². The van der Waals surface area contributed by atoms with E-state index in [2.05, 4.69) is 20.9 Å². The lowest BCUT2D eigenvalue weighted by atomic mass is 9.96. The molecule has 0 bridgehead atoms. The monoisotopic (exact) mass is 400 g/mol. The van der Waals surface area contributed by atoms with Crippen LogP contribution in [0.3, 0.4) is 0 Å². The molecule has 0 heterocycles. The van der Waals surface area contributed by atoms with Crippen LogP contribution in [0.4, 0.5) is 13.2 Å². The van der Waals surface area contributed by atoms with Crippen molar-refractivity contribution >= 4 is 11.9 Å². The van der Waals surface area contributed by atoms with Gasteiger partial charge in [-0.25, -0.2) is 0 Å². The Hall–Kier alpha value is -2.25. The molecule has 1 aromatic rings. The summed E-state index contributed by atoms with van der Waals surface area (Å²) in [5.74, 6) is 0.523. The van der Waals surface area contributed by atoms with Crippen molar-refractivity contribution in [2.45, 2.75) is 46.2 Å². The number of hydrogen-bond acceptors (Lipinski definition) is 2. The number of aliphatic imine (C=N–C) groups is 1. The molecule has 0 aliphatic carbocycles. The Morgan fingerprint density at radius 3 is 2.39 bits per heavy atom. The number of amides is 1. The molecule has 8 heteroatoms. The van der Waals surface area contributed by atoms with Gasteiger partial charge in [0.1, 0.15) is 0 Å². The molecule has 0 spiro atoms. The Kier molecular flexibility index (Phi) is 9.82. The van der Waals surface area contributed by atoms with Gasteiger partial charge in [-0.15, -0.1) is 0 Å². The molecule has 5 nitrogen and oxygen atoms in total. The number of alkyl halides is 3. The van der Waals surface area contributed by atoms with Crippen LogP contribution in [0, 0.1) is 5.92 Å². The molecule has 28 heavy (non-hydrogen) atoms. The van der Waals surface area contributed by atoms with Crippen molar-refractivity contribution in [3.63, 3.8) is 0 Å². The highest BCUT2D eigenvalue weighted by Gasteiger charge is 2.30. The lowest BCUT2D eigenvalue weighted by Crippen LogP contribution is -2.42. The Bertz CT molecular complexity index is 645. The Morgan fingerprint density at radius 1 is 1.11 bits per heavy atom. The fourth-order valence-electron chi connectivity index (χ4n) is 2.47. The van der Waals surface area contributed by atoms with Crippen LogP contribution in [0.15, 0.2) is 29.3 Å². The number of carbonyl (C=O) groups excluding carboxylic acids is 1. The van der Waals surface area contributed by atoms with Gasteiger partial charge in [-0.2, -0.15) is 13.2 Å². The maximum atomic E-state index is 12.9. The third-order valence-electron chi connectivity index (χ3n) is 4.20. The van der Waals surface area contributed by atoms with Gasteiger partial charge in [0.15, 0.2) is 5.96 Å². The van der Waals surface area contributed by atoms with Crippen molar-refractivity contribution in [1.82, 2.24) is 16.0 Å². The first-order valence-corrected chi connectivity index (χ1v) is 9.62. The quantitative estimate of drug-likeness (QED) is 0.338. The molecule has 1 aromatic carbocycles. The van der Waals surface area contributed by atoms with Gasteiger partial charge < -0.3 is 16.0 Å². The van der Waals surface area contributed by atoms with Crippen LogP contribution in [0.2, 0.25) is 0 Å². The number of rotatable bonds is 9. The SMILES string of the molecule is CCNC(=NCCC(C)c1cccc(C(F)(F)F)c1)NCCNC(=O)C(C)C. The van der Waals surface area contributed by atoms with Crippen LogP contribution in [-0.4, -0.2) is 38.0 Å². The van der Waals surface area contributed by atoms with Gasteiger partial charge in [-0.3, -0.25) is 9.79 Å². The van der Waals surface area contributed by atoms with Crippen molar-refractivity contribution in [2.75, 3.05) is 26.2 Å². The number of nitrogens with zero attached hydrogens (tertiary/aromatic N) is 1. The van der Waals surface area contributed by atoms with Gasteiger partial charge in [0.2, 0.25) is 5.91 Å². The van der Waals surface area contributed by atoms with Crippen molar-refractivity contribution in [3.05, 3.63) is 35.4 Å². The zero-order chi connectivity index (χ0) is 21.2. The minimum atomic E-state index is -4.33. The van der Waals surface area contributed by atoms with E-state index in [9.17, 15) is 18.0 Å². The number of hydrogen-bond donors (Lipinski definition) is 3. The second kappa shape index (κ2) is 11.6.